The van der Waals surface area contributed by atoms with Crippen molar-refractivity contribution in [3.05, 3.63) is 45.4 Å². The summed E-state index contributed by atoms with van der Waals surface area (Å²) in [5.74, 6) is 0. The molecule has 96 valence electrons. The number of rotatable bonds is 3. The van der Waals surface area contributed by atoms with Gasteiger partial charge in [0.2, 0.25) is 0 Å². The first-order valence-electron chi connectivity index (χ1n) is 5.85. The van der Waals surface area contributed by atoms with Gasteiger partial charge in [-0.25, -0.2) is 0 Å². The van der Waals surface area contributed by atoms with Gasteiger partial charge in [0.05, 0.1) is 5.69 Å². The topological polar surface area (TPSA) is 56.7 Å². The molecule has 2 rings (SSSR count). The molecular formula is C13H17BrN4. The second kappa shape index (κ2) is 5.20. The van der Waals surface area contributed by atoms with E-state index < -0.39 is 0 Å². The second-order valence-corrected chi connectivity index (χ2v) is 5.40. The third kappa shape index (κ3) is 2.62. The highest BCUT2D eigenvalue weighted by atomic mass is 79.9. The van der Waals surface area contributed by atoms with Crippen LogP contribution in [-0.4, -0.2) is 14.8 Å². The van der Waals surface area contributed by atoms with Gasteiger partial charge in [-0.2, -0.15) is 5.10 Å². The lowest BCUT2D eigenvalue weighted by Crippen LogP contribution is -2.16. The van der Waals surface area contributed by atoms with Gasteiger partial charge in [-0.05, 0) is 41.9 Å². The summed E-state index contributed by atoms with van der Waals surface area (Å²) in [6.45, 7) is 4.04. The molecule has 0 aliphatic carbocycles. The van der Waals surface area contributed by atoms with Gasteiger partial charge < -0.3 is 5.73 Å². The van der Waals surface area contributed by atoms with Crippen LogP contribution in [0.15, 0.2) is 22.8 Å². The van der Waals surface area contributed by atoms with Crippen LogP contribution in [0.1, 0.15) is 28.7 Å². The zero-order valence-electron chi connectivity index (χ0n) is 10.8. The summed E-state index contributed by atoms with van der Waals surface area (Å²) in [6.07, 6.45) is 2.52. The fourth-order valence-corrected chi connectivity index (χ4v) is 2.42. The molecule has 0 aromatic carbocycles. The van der Waals surface area contributed by atoms with Gasteiger partial charge in [-0.3, -0.25) is 9.67 Å². The SMILES string of the molecule is Cc1nn(C)c(C)c1C(N)Cc1ccc(Br)cn1. The highest BCUT2D eigenvalue weighted by molar-refractivity contribution is 9.10. The average molecular weight is 309 g/mol. The molecule has 2 aromatic heterocycles. The molecule has 5 heteroatoms. The standard InChI is InChI=1S/C13H17BrN4/c1-8-13(9(2)18(3)17-8)12(15)6-11-5-4-10(14)7-16-11/h4-5,7,12H,6,15H2,1-3H3. The summed E-state index contributed by atoms with van der Waals surface area (Å²) in [4.78, 5) is 4.36. The molecule has 2 aromatic rings. The summed E-state index contributed by atoms with van der Waals surface area (Å²) in [7, 11) is 1.94. The van der Waals surface area contributed by atoms with Gasteiger partial charge in [-0.15, -0.1) is 0 Å². The van der Waals surface area contributed by atoms with Gasteiger partial charge >= 0.3 is 0 Å². The number of hydrogen-bond donors (Lipinski definition) is 1. The molecule has 0 amide bonds. The van der Waals surface area contributed by atoms with Crippen molar-refractivity contribution in [1.29, 1.82) is 0 Å². The Morgan fingerprint density at radius 1 is 1.39 bits per heavy atom. The van der Waals surface area contributed by atoms with E-state index in [1.165, 1.54) is 0 Å². The van der Waals surface area contributed by atoms with E-state index in [-0.39, 0.29) is 6.04 Å². The Morgan fingerprint density at radius 3 is 2.61 bits per heavy atom. The highest BCUT2D eigenvalue weighted by Gasteiger charge is 2.17. The van der Waals surface area contributed by atoms with Crippen molar-refractivity contribution in [2.24, 2.45) is 12.8 Å². The van der Waals surface area contributed by atoms with Crippen LogP contribution in [0.25, 0.3) is 0 Å². The van der Waals surface area contributed by atoms with Crippen LogP contribution in [0.5, 0.6) is 0 Å². The van der Waals surface area contributed by atoms with Crippen LogP contribution >= 0.6 is 15.9 Å². The largest absolute Gasteiger partial charge is 0.324 e. The molecule has 18 heavy (non-hydrogen) atoms. The van der Waals surface area contributed by atoms with E-state index in [0.29, 0.717) is 0 Å². The number of nitrogens with two attached hydrogens (primary N) is 1. The lowest BCUT2D eigenvalue weighted by Gasteiger charge is -2.12. The minimum atomic E-state index is -0.0626. The monoisotopic (exact) mass is 308 g/mol. The Balaban J connectivity index is 2.21. The predicted molar refractivity (Wildman–Crippen MR) is 75.3 cm³/mol. The van der Waals surface area contributed by atoms with E-state index in [2.05, 4.69) is 26.0 Å². The Kier molecular flexibility index (Phi) is 3.82. The van der Waals surface area contributed by atoms with E-state index in [1.54, 1.807) is 6.20 Å². The zero-order chi connectivity index (χ0) is 13.3. The summed E-state index contributed by atoms with van der Waals surface area (Å²) in [6, 6.07) is 3.91. The molecule has 0 bridgehead atoms. The maximum Gasteiger partial charge on any atom is 0.0644 e. The molecule has 0 aliphatic heterocycles. The molecule has 0 radical (unpaired) electrons. The molecule has 2 heterocycles. The number of nitrogens with zero attached hydrogens (tertiary/aromatic N) is 3. The number of aromatic nitrogens is 3. The van der Waals surface area contributed by atoms with Crippen LogP contribution in [0.4, 0.5) is 0 Å². The van der Waals surface area contributed by atoms with E-state index >= 15 is 0 Å². The minimum Gasteiger partial charge on any atom is -0.324 e. The third-order valence-corrected chi connectivity index (χ3v) is 3.62. The van der Waals surface area contributed by atoms with Gasteiger partial charge in [-0.1, -0.05) is 0 Å². The Hall–Kier alpha value is -1.20. The zero-order valence-corrected chi connectivity index (χ0v) is 12.4. The molecule has 0 spiro atoms. The summed E-state index contributed by atoms with van der Waals surface area (Å²) in [5.41, 5.74) is 10.5. The van der Waals surface area contributed by atoms with Crippen LogP contribution in [0.3, 0.4) is 0 Å². The van der Waals surface area contributed by atoms with Crippen molar-refractivity contribution in [3.8, 4) is 0 Å². The number of pyridine rings is 1. The maximum absolute atomic E-state index is 6.28. The molecule has 1 unspecified atom stereocenters. The fraction of sp³-hybridized carbons (Fsp3) is 0.385. The van der Waals surface area contributed by atoms with Crippen molar-refractivity contribution >= 4 is 15.9 Å². The number of aryl methyl sites for hydroxylation is 2. The van der Waals surface area contributed by atoms with Crippen LogP contribution in [-0.2, 0) is 13.5 Å². The average Bonchev–Trinajstić information content (AvgIpc) is 2.56. The minimum absolute atomic E-state index is 0.0626. The Bertz CT molecular complexity index is 545. The predicted octanol–water partition coefficient (Wildman–Crippen LogP) is 2.44. The quantitative estimate of drug-likeness (QED) is 0.947. The van der Waals surface area contributed by atoms with Crippen molar-refractivity contribution in [1.82, 2.24) is 14.8 Å². The molecule has 0 saturated heterocycles. The van der Waals surface area contributed by atoms with E-state index in [1.807, 2.05) is 37.7 Å². The van der Waals surface area contributed by atoms with Gasteiger partial charge in [0.15, 0.2) is 0 Å². The van der Waals surface area contributed by atoms with E-state index in [9.17, 15) is 0 Å². The maximum atomic E-state index is 6.28. The van der Waals surface area contributed by atoms with Crippen molar-refractivity contribution < 1.29 is 0 Å². The smallest absolute Gasteiger partial charge is 0.0644 e. The lowest BCUT2D eigenvalue weighted by atomic mass is 10.0. The van der Waals surface area contributed by atoms with Gasteiger partial charge in [0.25, 0.3) is 0 Å². The first-order chi connectivity index (χ1) is 8.49. The van der Waals surface area contributed by atoms with Crippen LogP contribution in [0, 0.1) is 13.8 Å². The molecule has 0 saturated carbocycles. The van der Waals surface area contributed by atoms with E-state index in [0.717, 1.165) is 33.5 Å². The van der Waals surface area contributed by atoms with Gasteiger partial charge in [0.1, 0.15) is 0 Å². The second-order valence-electron chi connectivity index (χ2n) is 4.49. The molecule has 2 N–H and O–H groups in total. The Morgan fingerprint density at radius 2 is 2.11 bits per heavy atom. The lowest BCUT2D eigenvalue weighted by molar-refractivity contribution is 0.689. The summed E-state index contributed by atoms with van der Waals surface area (Å²) in [5, 5.41) is 4.40. The summed E-state index contributed by atoms with van der Waals surface area (Å²) >= 11 is 3.38. The molecule has 4 nitrogen and oxygen atoms in total. The van der Waals surface area contributed by atoms with Crippen LogP contribution in [0.2, 0.25) is 0 Å². The molecule has 1 atom stereocenters. The van der Waals surface area contributed by atoms with E-state index in [4.69, 9.17) is 5.73 Å². The number of hydrogen-bond acceptors (Lipinski definition) is 3. The summed E-state index contributed by atoms with van der Waals surface area (Å²) < 4.78 is 2.85. The number of halogens is 1. The van der Waals surface area contributed by atoms with Crippen molar-refractivity contribution in [2.75, 3.05) is 0 Å². The highest BCUT2D eigenvalue weighted by Crippen LogP contribution is 2.22. The third-order valence-electron chi connectivity index (χ3n) is 3.15. The Labute approximate surface area is 115 Å². The van der Waals surface area contributed by atoms with Gasteiger partial charge in [0, 0.05) is 47.1 Å². The van der Waals surface area contributed by atoms with Crippen LogP contribution < -0.4 is 5.73 Å². The van der Waals surface area contributed by atoms with Crippen molar-refractivity contribution in [2.45, 2.75) is 26.3 Å². The first-order valence-corrected chi connectivity index (χ1v) is 6.64. The first kappa shape index (κ1) is 13.2. The molecule has 0 fully saturated rings. The van der Waals surface area contributed by atoms with Crippen molar-refractivity contribution in [3.63, 3.8) is 0 Å². The normalized spacial score (nSPS) is 12.7. The molecule has 0 aliphatic rings. The molecular weight excluding hydrogens is 292 g/mol. The fourth-order valence-electron chi connectivity index (χ4n) is 2.18.